The van der Waals surface area contributed by atoms with Gasteiger partial charge in [0.05, 0.1) is 13.2 Å². The Balaban J connectivity index is 2.52. The molecule has 1 aromatic heterocycles. The molecule has 2 aromatic rings. The second kappa shape index (κ2) is 5.57. The van der Waals surface area contributed by atoms with Crippen molar-refractivity contribution in [2.24, 2.45) is 0 Å². The Hall–Kier alpha value is -2.28. The van der Waals surface area contributed by atoms with E-state index in [2.05, 4.69) is 29.9 Å². The molecule has 0 saturated carbocycles. The lowest BCUT2D eigenvalue weighted by molar-refractivity contribution is 0.409. The summed E-state index contributed by atoms with van der Waals surface area (Å²) in [5, 5.41) is 9.44. The van der Waals surface area contributed by atoms with Crippen molar-refractivity contribution >= 4 is 0 Å². The molecule has 0 radical (unpaired) electrons. The number of benzene rings is 1. The summed E-state index contributed by atoms with van der Waals surface area (Å²) in [5.74, 6) is 1.32. The number of nitrogens with zero attached hydrogens (tertiary/aromatic N) is 2. The molecule has 0 amide bonds. The minimum atomic E-state index is -0.441. The van der Waals surface area contributed by atoms with E-state index in [1.165, 1.54) is 5.56 Å². The smallest absolute Gasteiger partial charge is 0.133 e. The second-order valence-corrected chi connectivity index (χ2v) is 4.69. The Bertz CT molecular complexity index is 582. The third-order valence-electron chi connectivity index (χ3n) is 3.15. The van der Waals surface area contributed by atoms with Gasteiger partial charge in [0.2, 0.25) is 0 Å². The molecular formula is C15H17N3O. The highest BCUT2D eigenvalue weighted by Crippen LogP contribution is 2.32. The van der Waals surface area contributed by atoms with Crippen LogP contribution in [0.1, 0.15) is 42.6 Å². The number of hydrogen-bond donors (Lipinski definition) is 1. The minimum Gasteiger partial charge on any atom is -0.496 e. The summed E-state index contributed by atoms with van der Waals surface area (Å²) in [4.78, 5) is 7.18. The molecule has 0 aliphatic rings. The van der Waals surface area contributed by atoms with Crippen molar-refractivity contribution < 1.29 is 4.74 Å². The van der Waals surface area contributed by atoms with Gasteiger partial charge in [0.1, 0.15) is 17.5 Å². The normalized spacial score (nSPS) is 12.2. The summed E-state index contributed by atoms with van der Waals surface area (Å²) in [6, 6.07) is 8.26. The van der Waals surface area contributed by atoms with Gasteiger partial charge in [0.25, 0.3) is 0 Å². The lowest BCUT2D eigenvalue weighted by Gasteiger charge is -2.15. The first-order chi connectivity index (χ1) is 9.17. The predicted octanol–water partition coefficient (Wildman–Crippen LogP) is 3.20. The van der Waals surface area contributed by atoms with Crippen LogP contribution < -0.4 is 4.74 Å². The van der Waals surface area contributed by atoms with Gasteiger partial charge in [-0.3, -0.25) is 0 Å². The van der Waals surface area contributed by atoms with Crippen LogP contribution >= 0.6 is 0 Å². The van der Waals surface area contributed by atoms with E-state index in [0.29, 0.717) is 17.5 Å². The molecule has 1 atom stereocenters. The molecule has 1 unspecified atom stereocenters. The number of imidazole rings is 1. The van der Waals surface area contributed by atoms with Crippen molar-refractivity contribution in [3.8, 4) is 11.8 Å². The lowest BCUT2D eigenvalue weighted by atomic mass is 9.93. The van der Waals surface area contributed by atoms with E-state index >= 15 is 0 Å². The maximum Gasteiger partial charge on any atom is 0.133 e. The lowest BCUT2D eigenvalue weighted by Crippen LogP contribution is -2.04. The number of nitriles is 1. The van der Waals surface area contributed by atoms with Gasteiger partial charge >= 0.3 is 0 Å². The summed E-state index contributed by atoms with van der Waals surface area (Å²) in [7, 11) is 1.62. The molecule has 0 aliphatic carbocycles. The zero-order valence-electron chi connectivity index (χ0n) is 11.3. The molecule has 4 heteroatoms. The van der Waals surface area contributed by atoms with E-state index in [0.717, 1.165) is 5.56 Å². The molecule has 1 heterocycles. The molecule has 1 N–H and O–H groups in total. The number of methoxy groups -OCH3 is 1. The molecule has 1 aromatic carbocycles. The molecule has 0 fully saturated rings. The van der Waals surface area contributed by atoms with Crippen LogP contribution in [0.5, 0.6) is 5.75 Å². The van der Waals surface area contributed by atoms with E-state index in [1.54, 1.807) is 19.5 Å². The molecule has 19 heavy (non-hydrogen) atoms. The van der Waals surface area contributed by atoms with E-state index in [9.17, 15) is 5.26 Å². The summed E-state index contributed by atoms with van der Waals surface area (Å²) in [6.45, 7) is 4.25. The fraction of sp³-hybridized carbons (Fsp3) is 0.333. The van der Waals surface area contributed by atoms with Crippen molar-refractivity contribution in [2.75, 3.05) is 7.11 Å². The molecule has 0 spiro atoms. The van der Waals surface area contributed by atoms with E-state index < -0.39 is 5.92 Å². The Morgan fingerprint density at radius 3 is 2.68 bits per heavy atom. The van der Waals surface area contributed by atoms with Crippen molar-refractivity contribution in [1.82, 2.24) is 9.97 Å². The average Bonchev–Trinajstić information content (AvgIpc) is 2.93. The van der Waals surface area contributed by atoms with Gasteiger partial charge in [-0.1, -0.05) is 26.0 Å². The first-order valence-corrected chi connectivity index (χ1v) is 6.24. The highest BCUT2D eigenvalue weighted by atomic mass is 16.5. The molecule has 0 saturated heterocycles. The van der Waals surface area contributed by atoms with E-state index in [-0.39, 0.29) is 0 Å². The Morgan fingerprint density at radius 1 is 1.37 bits per heavy atom. The molecule has 0 aliphatic heterocycles. The van der Waals surface area contributed by atoms with Crippen LogP contribution in [-0.4, -0.2) is 17.1 Å². The van der Waals surface area contributed by atoms with Crippen molar-refractivity contribution in [1.29, 1.82) is 5.26 Å². The van der Waals surface area contributed by atoms with Gasteiger partial charge < -0.3 is 9.72 Å². The van der Waals surface area contributed by atoms with E-state index in [4.69, 9.17) is 4.74 Å². The minimum absolute atomic E-state index is 0.403. The Labute approximate surface area is 113 Å². The molecule has 4 nitrogen and oxygen atoms in total. The number of nitrogens with one attached hydrogen (secondary N) is 1. The topological polar surface area (TPSA) is 61.7 Å². The van der Waals surface area contributed by atoms with Crippen molar-refractivity contribution in [3.63, 3.8) is 0 Å². The highest BCUT2D eigenvalue weighted by Gasteiger charge is 2.21. The predicted molar refractivity (Wildman–Crippen MR) is 73.1 cm³/mol. The quantitative estimate of drug-likeness (QED) is 0.912. The third kappa shape index (κ3) is 2.60. The number of aromatic amines is 1. The fourth-order valence-corrected chi connectivity index (χ4v) is 2.05. The van der Waals surface area contributed by atoms with Gasteiger partial charge in [-0.05, 0) is 17.5 Å². The van der Waals surface area contributed by atoms with Gasteiger partial charge in [-0.15, -0.1) is 0 Å². The molecule has 0 bridgehead atoms. The van der Waals surface area contributed by atoms with Crippen LogP contribution in [-0.2, 0) is 0 Å². The van der Waals surface area contributed by atoms with Crippen LogP contribution in [0.4, 0.5) is 0 Å². The summed E-state index contributed by atoms with van der Waals surface area (Å²) < 4.78 is 5.37. The third-order valence-corrected chi connectivity index (χ3v) is 3.15. The largest absolute Gasteiger partial charge is 0.496 e. The van der Waals surface area contributed by atoms with Gasteiger partial charge in [0, 0.05) is 18.0 Å². The van der Waals surface area contributed by atoms with Crippen LogP contribution in [0, 0.1) is 11.3 Å². The maximum absolute atomic E-state index is 9.44. The second-order valence-electron chi connectivity index (χ2n) is 4.69. The summed E-state index contributed by atoms with van der Waals surface area (Å²) in [6.07, 6.45) is 3.37. The van der Waals surface area contributed by atoms with Gasteiger partial charge in [0.15, 0.2) is 0 Å². The number of hydrogen-bond acceptors (Lipinski definition) is 3. The van der Waals surface area contributed by atoms with Crippen molar-refractivity contribution in [2.45, 2.75) is 25.7 Å². The van der Waals surface area contributed by atoms with Gasteiger partial charge in [-0.2, -0.15) is 5.26 Å². The maximum atomic E-state index is 9.44. The first kappa shape index (κ1) is 13.2. The molecular weight excluding hydrogens is 238 g/mol. The van der Waals surface area contributed by atoms with Crippen LogP contribution in [0.15, 0.2) is 30.6 Å². The van der Waals surface area contributed by atoms with Gasteiger partial charge in [-0.25, -0.2) is 4.98 Å². The fourth-order valence-electron chi connectivity index (χ4n) is 2.05. The molecule has 98 valence electrons. The monoisotopic (exact) mass is 255 g/mol. The standard InChI is InChI=1S/C15H17N3O/c1-10(2)11-4-5-14(19-3)12(8-11)13(9-16)15-17-6-7-18-15/h4-8,10,13H,1-3H3,(H,17,18). The highest BCUT2D eigenvalue weighted by molar-refractivity contribution is 5.45. The summed E-state index contributed by atoms with van der Waals surface area (Å²) >= 11 is 0. The number of rotatable bonds is 4. The Morgan fingerprint density at radius 2 is 2.16 bits per heavy atom. The first-order valence-electron chi connectivity index (χ1n) is 6.24. The molecule has 2 rings (SSSR count). The zero-order chi connectivity index (χ0) is 13.8. The van der Waals surface area contributed by atoms with Crippen LogP contribution in [0.3, 0.4) is 0 Å². The number of ether oxygens (including phenoxy) is 1. The summed E-state index contributed by atoms with van der Waals surface area (Å²) in [5.41, 5.74) is 2.04. The number of aromatic nitrogens is 2. The Kier molecular flexibility index (Phi) is 3.86. The van der Waals surface area contributed by atoms with Crippen LogP contribution in [0.2, 0.25) is 0 Å². The van der Waals surface area contributed by atoms with Crippen molar-refractivity contribution in [3.05, 3.63) is 47.5 Å². The average molecular weight is 255 g/mol. The SMILES string of the molecule is COc1ccc(C(C)C)cc1C(C#N)c1ncc[nH]1. The number of H-pyrrole nitrogens is 1. The zero-order valence-corrected chi connectivity index (χ0v) is 11.3. The van der Waals surface area contributed by atoms with Crippen LogP contribution in [0.25, 0.3) is 0 Å². The van der Waals surface area contributed by atoms with E-state index in [1.807, 2.05) is 18.2 Å².